The third-order valence-electron chi connectivity index (χ3n) is 1.80. The molecular weight excluding hydrogens is 232 g/mol. The molecule has 4 nitrogen and oxygen atoms in total. The van der Waals surface area contributed by atoms with Crippen LogP contribution in [-0.4, -0.2) is 36.1 Å². The Morgan fingerprint density at radius 2 is 1.80 bits per heavy atom. The average molecular weight is 252 g/mol. The molecule has 0 bridgehead atoms. The average Bonchev–Trinajstić information content (AvgIpc) is 1.96. The van der Waals surface area contributed by atoms with Gasteiger partial charge in [0.1, 0.15) is 5.75 Å². The molecule has 0 atom stereocenters. The van der Waals surface area contributed by atoms with E-state index in [2.05, 4.69) is 12.2 Å². The van der Waals surface area contributed by atoms with Crippen molar-refractivity contribution in [2.24, 2.45) is 11.7 Å². The molecule has 0 aromatic rings. The van der Waals surface area contributed by atoms with Crippen LogP contribution in [0.1, 0.15) is 27.7 Å². The second kappa shape index (κ2) is 5.77. The predicted octanol–water partition coefficient (Wildman–Crippen LogP) is 0.969. The van der Waals surface area contributed by atoms with Crippen molar-refractivity contribution in [1.29, 1.82) is 0 Å². The first-order valence-electron chi connectivity index (χ1n) is 4.94. The Balaban J connectivity index is 4.83. The van der Waals surface area contributed by atoms with Crippen LogP contribution in [0.15, 0.2) is 0 Å². The molecule has 0 saturated carbocycles. The largest absolute Gasteiger partial charge is 0.392 e. The zero-order valence-electron chi connectivity index (χ0n) is 9.73. The van der Waals surface area contributed by atoms with Gasteiger partial charge >= 0.3 is 0 Å². The fourth-order valence-electron chi connectivity index (χ4n) is 1.27. The Kier molecular flexibility index (Phi) is 5.69. The fourth-order valence-corrected chi connectivity index (χ4v) is 3.41. The van der Waals surface area contributed by atoms with E-state index >= 15 is 0 Å². The molecule has 0 aliphatic carbocycles. The maximum Gasteiger partial charge on any atom is 0.220 e. The molecule has 0 spiro atoms. The van der Waals surface area contributed by atoms with Crippen LogP contribution in [0.3, 0.4) is 0 Å². The lowest BCUT2D eigenvalue weighted by Crippen LogP contribution is -2.43. The van der Waals surface area contributed by atoms with E-state index < -0.39 is 10.0 Å². The molecule has 90 valence electrons. The van der Waals surface area contributed by atoms with Gasteiger partial charge in [-0.1, -0.05) is 26.1 Å². The summed E-state index contributed by atoms with van der Waals surface area (Å²) in [6, 6.07) is -0.0632. The lowest BCUT2D eigenvalue weighted by molar-refractivity contribution is 0.320. The summed E-state index contributed by atoms with van der Waals surface area (Å²) < 4.78 is 25.2. The number of hydrogen-bond acceptors (Lipinski definition) is 3. The van der Waals surface area contributed by atoms with Crippen molar-refractivity contribution < 1.29 is 8.42 Å². The maximum atomic E-state index is 11.9. The van der Waals surface area contributed by atoms with E-state index in [9.17, 15) is 8.42 Å². The molecule has 0 aromatic heterocycles. The lowest BCUT2D eigenvalue weighted by Gasteiger charge is -2.27. The molecule has 0 unspecified atom stereocenters. The third kappa shape index (κ3) is 5.44. The van der Waals surface area contributed by atoms with Crippen molar-refractivity contribution in [2.45, 2.75) is 33.7 Å². The third-order valence-corrected chi connectivity index (χ3v) is 4.09. The van der Waals surface area contributed by atoms with Crippen LogP contribution in [0.4, 0.5) is 0 Å². The zero-order chi connectivity index (χ0) is 12.2. The molecule has 0 radical (unpaired) electrons. The molecule has 0 aromatic carbocycles. The topological polar surface area (TPSA) is 63.4 Å². The van der Waals surface area contributed by atoms with Gasteiger partial charge in [0.05, 0.1) is 4.99 Å². The molecule has 0 aliphatic heterocycles. The first-order valence-corrected chi connectivity index (χ1v) is 6.96. The van der Waals surface area contributed by atoms with Gasteiger partial charge in [-0.05, 0) is 19.8 Å². The van der Waals surface area contributed by atoms with E-state index in [-0.39, 0.29) is 22.7 Å². The Labute approximate surface area is 97.9 Å². The highest BCUT2D eigenvalue weighted by Crippen LogP contribution is 2.11. The van der Waals surface area contributed by atoms with E-state index in [4.69, 9.17) is 5.73 Å². The zero-order valence-corrected chi connectivity index (χ0v) is 11.4. The van der Waals surface area contributed by atoms with Crippen molar-refractivity contribution in [3.63, 3.8) is 0 Å². The van der Waals surface area contributed by atoms with E-state index in [1.54, 1.807) is 0 Å². The molecule has 0 amide bonds. The van der Waals surface area contributed by atoms with Crippen LogP contribution in [0.5, 0.6) is 0 Å². The molecule has 2 N–H and O–H groups in total. The highest BCUT2D eigenvalue weighted by atomic mass is 32.2. The van der Waals surface area contributed by atoms with Crippen molar-refractivity contribution in [1.82, 2.24) is 4.31 Å². The minimum atomic E-state index is -3.35. The first-order chi connectivity index (χ1) is 6.66. The molecule has 0 saturated heterocycles. The Bertz CT molecular complexity index is 310. The van der Waals surface area contributed by atoms with Crippen LogP contribution in [0, 0.1) is 5.92 Å². The summed E-state index contributed by atoms with van der Waals surface area (Å²) in [6.45, 7) is 8.15. The summed E-state index contributed by atoms with van der Waals surface area (Å²) >= 11 is 4.63. The molecule has 0 aliphatic rings. The Morgan fingerprint density at radius 3 is 2.07 bits per heavy atom. The second-order valence-electron chi connectivity index (χ2n) is 4.28. The van der Waals surface area contributed by atoms with E-state index in [0.29, 0.717) is 6.54 Å². The second-order valence-corrected chi connectivity index (χ2v) is 6.73. The molecule has 6 heteroatoms. The number of nitrogens with two attached hydrogens (primary N) is 1. The number of sulfonamides is 1. The van der Waals surface area contributed by atoms with Gasteiger partial charge in [0, 0.05) is 12.6 Å². The predicted molar refractivity (Wildman–Crippen MR) is 67.3 cm³/mol. The Morgan fingerprint density at radius 1 is 1.33 bits per heavy atom. The van der Waals surface area contributed by atoms with Crippen molar-refractivity contribution in [3.8, 4) is 0 Å². The van der Waals surface area contributed by atoms with Gasteiger partial charge in [-0.15, -0.1) is 0 Å². The van der Waals surface area contributed by atoms with Crippen LogP contribution >= 0.6 is 12.2 Å². The minimum absolute atomic E-state index is 0.0180. The molecule has 0 heterocycles. The van der Waals surface area contributed by atoms with Crippen LogP contribution < -0.4 is 5.73 Å². The Hall–Kier alpha value is -0.200. The van der Waals surface area contributed by atoms with Crippen LogP contribution in [0.2, 0.25) is 0 Å². The summed E-state index contributed by atoms with van der Waals surface area (Å²) in [7, 11) is -3.35. The van der Waals surface area contributed by atoms with Crippen LogP contribution in [-0.2, 0) is 10.0 Å². The molecule has 0 rings (SSSR count). The summed E-state index contributed by atoms with van der Waals surface area (Å²) in [5.74, 6) is 0.0428. The SMILES string of the molecule is CC(C)CN(C(C)C)S(=O)(=O)CC(N)=S. The van der Waals surface area contributed by atoms with E-state index in [1.165, 1.54) is 4.31 Å². The molecule has 0 fully saturated rings. The summed E-state index contributed by atoms with van der Waals surface area (Å²) in [6.07, 6.45) is 0. The van der Waals surface area contributed by atoms with Crippen molar-refractivity contribution >= 4 is 27.2 Å². The number of nitrogens with zero attached hydrogens (tertiary/aromatic N) is 1. The van der Waals surface area contributed by atoms with Gasteiger partial charge < -0.3 is 5.73 Å². The first kappa shape index (κ1) is 14.8. The maximum absolute atomic E-state index is 11.9. The highest BCUT2D eigenvalue weighted by molar-refractivity contribution is 7.92. The summed E-state index contributed by atoms with van der Waals surface area (Å²) in [4.78, 5) is 0.0180. The van der Waals surface area contributed by atoms with Crippen molar-refractivity contribution in [3.05, 3.63) is 0 Å². The van der Waals surface area contributed by atoms with Gasteiger partial charge in [0.15, 0.2) is 0 Å². The summed E-state index contributed by atoms with van der Waals surface area (Å²) in [5, 5.41) is 0. The smallest absolute Gasteiger partial charge is 0.220 e. The highest BCUT2D eigenvalue weighted by Gasteiger charge is 2.25. The number of rotatable bonds is 6. The molecule has 15 heavy (non-hydrogen) atoms. The van der Waals surface area contributed by atoms with E-state index in [1.807, 2.05) is 27.7 Å². The van der Waals surface area contributed by atoms with Crippen LogP contribution in [0.25, 0.3) is 0 Å². The monoisotopic (exact) mass is 252 g/mol. The number of thiocarbonyl (C=S) groups is 1. The van der Waals surface area contributed by atoms with Gasteiger partial charge in [0.25, 0.3) is 0 Å². The van der Waals surface area contributed by atoms with Gasteiger partial charge in [-0.2, -0.15) is 4.31 Å². The van der Waals surface area contributed by atoms with E-state index in [0.717, 1.165) is 0 Å². The molecular formula is C9H20N2O2S2. The normalized spacial score (nSPS) is 12.7. The minimum Gasteiger partial charge on any atom is -0.392 e. The van der Waals surface area contributed by atoms with Gasteiger partial charge in [-0.3, -0.25) is 0 Å². The fraction of sp³-hybridized carbons (Fsp3) is 0.889. The van der Waals surface area contributed by atoms with Gasteiger partial charge in [0.2, 0.25) is 10.0 Å². The number of hydrogen-bond donors (Lipinski definition) is 1. The lowest BCUT2D eigenvalue weighted by atomic mass is 10.2. The van der Waals surface area contributed by atoms with Crippen molar-refractivity contribution in [2.75, 3.05) is 12.3 Å². The van der Waals surface area contributed by atoms with Gasteiger partial charge in [-0.25, -0.2) is 8.42 Å². The summed E-state index contributed by atoms with van der Waals surface area (Å²) in [5.41, 5.74) is 5.27. The standard InChI is InChI=1S/C9H20N2O2S2/c1-7(2)5-11(8(3)4)15(12,13)6-9(10)14/h7-8H,5-6H2,1-4H3,(H2,10,14). The quantitative estimate of drug-likeness (QED) is 0.715.